The molecule has 174 valence electrons. The number of rotatable bonds is 4. The highest BCUT2D eigenvalue weighted by Crippen LogP contribution is 2.37. The monoisotopic (exact) mass is 483 g/mol. The molecule has 1 fully saturated rings. The minimum Gasteiger partial charge on any atom is -0.368 e. The predicted octanol–water partition coefficient (Wildman–Crippen LogP) is 4.06. The summed E-state index contributed by atoms with van der Waals surface area (Å²) in [6.45, 7) is -2.08. The highest BCUT2D eigenvalue weighted by Gasteiger charge is 2.52. The van der Waals surface area contributed by atoms with Gasteiger partial charge in [0.15, 0.2) is 4.90 Å². The van der Waals surface area contributed by atoms with Gasteiger partial charge in [-0.25, -0.2) is 8.42 Å². The van der Waals surface area contributed by atoms with Crippen molar-refractivity contribution in [2.75, 3.05) is 24.5 Å². The van der Waals surface area contributed by atoms with Gasteiger partial charge in [0.05, 0.1) is 10.5 Å². The number of hydrogen-bond acceptors (Lipinski definition) is 5. The molecule has 32 heavy (non-hydrogen) atoms. The minimum absolute atomic E-state index is 0.111. The van der Waals surface area contributed by atoms with E-state index in [0.717, 1.165) is 35.2 Å². The van der Waals surface area contributed by atoms with Crippen LogP contribution in [0, 0.1) is 10.1 Å². The summed E-state index contributed by atoms with van der Waals surface area (Å²) < 4.78 is 106. The summed E-state index contributed by atoms with van der Waals surface area (Å²) in [4.78, 5) is 10.3. The summed E-state index contributed by atoms with van der Waals surface area (Å²) in [5.74, 6) is 0. The van der Waals surface area contributed by atoms with Gasteiger partial charge in [-0.1, -0.05) is 18.2 Å². The van der Waals surface area contributed by atoms with E-state index in [1.807, 2.05) is 0 Å². The van der Waals surface area contributed by atoms with E-state index in [0.29, 0.717) is 6.07 Å². The summed E-state index contributed by atoms with van der Waals surface area (Å²) >= 11 is 0. The van der Waals surface area contributed by atoms with E-state index in [9.17, 15) is 44.9 Å². The Balaban J connectivity index is 1.99. The molecule has 0 amide bonds. The van der Waals surface area contributed by atoms with Crippen LogP contribution in [0.25, 0.3) is 0 Å². The highest BCUT2D eigenvalue weighted by molar-refractivity contribution is 7.89. The van der Waals surface area contributed by atoms with Crippen molar-refractivity contribution in [1.29, 1.82) is 0 Å². The molecule has 1 saturated heterocycles. The lowest BCUT2D eigenvalue weighted by Crippen LogP contribution is -2.60. The lowest BCUT2D eigenvalue weighted by molar-refractivity contribution is -0.387. The Hall–Kier alpha value is -2.87. The maximum absolute atomic E-state index is 13.8. The lowest BCUT2D eigenvalue weighted by Gasteiger charge is -2.42. The molecule has 0 radical (unpaired) electrons. The fourth-order valence-electron chi connectivity index (χ4n) is 3.39. The molecule has 0 saturated carbocycles. The van der Waals surface area contributed by atoms with E-state index >= 15 is 0 Å². The number of hydrogen-bond donors (Lipinski definition) is 0. The zero-order valence-corrected chi connectivity index (χ0v) is 16.8. The average molecular weight is 483 g/mol. The number of sulfonamides is 1. The Bertz CT molecular complexity index is 1120. The first-order chi connectivity index (χ1) is 14.7. The second-order valence-corrected chi connectivity index (χ2v) is 8.75. The summed E-state index contributed by atoms with van der Waals surface area (Å²) in [6.07, 6.45) is -9.80. The van der Waals surface area contributed by atoms with Crippen molar-refractivity contribution in [3.8, 4) is 0 Å². The number of para-hydroxylation sites is 1. The Kier molecular flexibility index (Phi) is 6.12. The van der Waals surface area contributed by atoms with Gasteiger partial charge in [-0.15, -0.1) is 0 Å². The van der Waals surface area contributed by atoms with Crippen LogP contribution in [0.5, 0.6) is 0 Å². The van der Waals surface area contributed by atoms with Gasteiger partial charge in [0.25, 0.3) is 15.7 Å². The average Bonchev–Trinajstić information content (AvgIpc) is 2.72. The van der Waals surface area contributed by atoms with Gasteiger partial charge < -0.3 is 4.90 Å². The molecular formula is C18H15F6N3O4S. The van der Waals surface area contributed by atoms with Gasteiger partial charge in [-0.3, -0.25) is 10.1 Å². The maximum atomic E-state index is 13.8. The van der Waals surface area contributed by atoms with Gasteiger partial charge in [0.1, 0.15) is 6.04 Å². The summed E-state index contributed by atoms with van der Waals surface area (Å²) in [5.41, 5.74) is -2.10. The molecule has 2 aromatic rings. The van der Waals surface area contributed by atoms with Crippen LogP contribution in [-0.2, 0) is 16.2 Å². The first kappa shape index (κ1) is 23.8. The Morgan fingerprint density at radius 2 is 1.62 bits per heavy atom. The normalized spacial score (nSPS) is 18.6. The van der Waals surface area contributed by atoms with E-state index in [2.05, 4.69) is 0 Å². The molecule has 0 bridgehead atoms. The molecule has 1 heterocycles. The molecule has 3 rings (SSSR count). The number of halogens is 6. The second kappa shape index (κ2) is 8.24. The van der Waals surface area contributed by atoms with Crippen LogP contribution in [0.15, 0.2) is 53.4 Å². The molecule has 1 atom stereocenters. The molecule has 0 aliphatic carbocycles. The highest BCUT2D eigenvalue weighted by atomic mass is 32.2. The van der Waals surface area contributed by atoms with Crippen molar-refractivity contribution in [1.82, 2.24) is 4.31 Å². The van der Waals surface area contributed by atoms with Crippen molar-refractivity contribution in [2.45, 2.75) is 23.3 Å². The summed E-state index contributed by atoms with van der Waals surface area (Å²) in [6, 6.07) is 5.04. The SMILES string of the molecule is O=[N+]([O-])c1ccccc1S(=O)(=O)N1CCN(c2cccc(C(F)(F)F)c2)CC1C(F)(F)F. The molecule has 1 aliphatic heterocycles. The second-order valence-electron chi connectivity index (χ2n) is 6.89. The molecule has 0 aromatic heterocycles. The third kappa shape index (κ3) is 4.65. The molecule has 1 unspecified atom stereocenters. The van der Waals surface area contributed by atoms with E-state index in [4.69, 9.17) is 0 Å². The smallest absolute Gasteiger partial charge is 0.368 e. The molecule has 1 aliphatic rings. The van der Waals surface area contributed by atoms with Crippen molar-refractivity contribution < 1.29 is 39.7 Å². The topological polar surface area (TPSA) is 83.8 Å². The standard InChI is InChI=1S/C18H15F6N3O4S/c19-17(20,21)12-4-3-5-13(10-12)25-8-9-26(16(11-25)18(22,23)24)32(30,31)15-7-2-1-6-14(15)27(28)29/h1-7,10,16H,8-9,11H2. The number of nitro benzene ring substituents is 1. The van der Waals surface area contributed by atoms with Gasteiger partial charge in [-0.05, 0) is 24.3 Å². The molecular weight excluding hydrogens is 468 g/mol. The largest absolute Gasteiger partial charge is 0.416 e. The zero-order valence-electron chi connectivity index (χ0n) is 16.0. The first-order valence-electron chi connectivity index (χ1n) is 8.97. The van der Waals surface area contributed by atoms with Crippen molar-refractivity contribution in [3.63, 3.8) is 0 Å². The number of nitro groups is 1. The van der Waals surface area contributed by atoms with Gasteiger partial charge in [0, 0.05) is 31.4 Å². The Labute approximate surface area is 178 Å². The van der Waals surface area contributed by atoms with E-state index in [1.54, 1.807) is 0 Å². The van der Waals surface area contributed by atoms with Crippen LogP contribution < -0.4 is 4.90 Å². The first-order valence-corrected chi connectivity index (χ1v) is 10.4. The third-order valence-electron chi connectivity index (χ3n) is 4.90. The fraction of sp³-hybridized carbons (Fsp3) is 0.333. The van der Waals surface area contributed by atoms with Crippen LogP contribution in [0.3, 0.4) is 0 Å². The number of alkyl halides is 6. The van der Waals surface area contributed by atoms with Crippen LogP contribution in [-0.4, -0.2) is 49.5 Å². The summed E-state index contributed by atoms with van der Waals surface area (Å²) in [5, 5.41) is 11.2. The maximum Gasteiger partial charge on any atom is 0.416 e. The zero-order chi connectivity index (χ0) is 23.9. The predicted molar refractivity (Wildman–Crippen MR) is 100 cm³/mol. The van der Waals surface area contributed by atoms with Crippen molar-refractivity contribution >= 4 is 21.4 Å². The number of benzene rings is 2. The van der Waals surface area contributed by atoms with Crippen LogP contribution in [0.4, 0.5) is 37.7 Å². The fourth-order valence-corrected chi connectivity index (χ4v) is 5.14. The van der Waals surface area contributed by atoms with Gasteiger partial charge >= 0.3 is 12.4 Å². The van der Waals surface area contributed by atoms with Crippen LogP contribution in [0.2, 0.25) is 0 Å². The van der Waals surface area contributed by atoms with E-state index < -0.39 is 62.6 Å². The van der Waals surface area contributed by atoms with Gasteiger partial charge in [0.2, 0.25) is 0 Å². The molecule has 0 N–H and O–H groups in total. The number of anilines is 1. The molecule has 14 heteroatoms. The van der Waals surface area contributed by atoms with Gasteiger partial charge in [-0.2, -0.15) is 30.6 Å². The van der Waals surface area contributed by atoms with Crippen molar-refractivity contribution in [2.24, 2.45) is 0 Å². The van der Waals surface area contributed by atoms with Crippen LogP contribution >= 0.6 is 0 Å². The van der Waals surface area contributed by atoms with Crippen molar-refractivity contribution in [3.05, 3.63) is 64.2 Å². The minimum atomic E-state index is -5.09. The summed E-state index contributed by atoms with van der Waals surface area (Å²) in [7, 11) is -4.94. The Morgan fingerprint density at radius 1 is 0.969 bits per heavy atom. The lowest BCUT2D eigenvalue weighted by atomic mass is 10.1. The number of nitrogens with zero attached hydrogens (tertiary/aromatic N) is 3. The Morgan fingerprint density at radius 3 is 2.22 bits per heavy atom. The molecule has 2 aromatic carbocycles. The number of piperazine rings is 1. The van der Waals surface area contributed by atoms with Crippen LogP contribution in [0.1, 0.15) is 5.56 Å². The quantitative estimate of drug-likeness (QED) is 0.372. The molecule has 0 spiro atoms. The van der Waals surface area contributed by atoms with E-state index in [1.165, 1.54) is 12.1 Å². The third-order valence-corrected chi connectivity index (χ3v) is 6.85. The molecule has 7 nitrogen and oxygen atoms in total. The van der Waals surface area contributed by atoms with E-state index in [-0.39, 0.29) is 16.5 Å².